The third-order valence-electron chi connectivity index (χ3n) is 5.87. The summed E-state index contributed by atoms with van der Waals surface area (Å²) in [7, 11) is 1.62. The predicted octanol–water partition coefficient (Wildman–Crippen LogP) is 5.85. The molecule has 1 saturated heterocycles. The SMILES string of the molecule is CCCCOc1ccc(C=NN=C2SC(Cc3ccccc3C)C(=O)N2Cc2ccco2)cc1OC. The van der Waals surface area contributed by atoms with Crippen molar-refractivity contribution in [1.29, 1.82) is 0 Å². The Morgan fingerprint density at radius 3 is 2.75 bits per heavy atom. The fourth-order valence-corrected chi connectivity index (χ4v) is 4.94. The summed E-state index contributed by atoms with van der Waals surface area (Å²) in [6, 6.07) is 17.4. The average molecular weight is 506 g/mol. The molecule has 1 unspecified atom stereocenters. The maximum atomic E-state index is 13.3. The Morgan fingerprint density at radius 1 is 1.14 bits per heavy atom. The van der Waals surface area contributed by atoms with E-state index in [4.69, 9.17) is 13.9 Å². The number of amidine groups is 1. The summed E-state index contributed by atoms with van der Waals surface area (Å²) >= 11 is 1.43. The van der Waals surface area contributed by atoms with Gasteiger partial charge in [0, 0.05) is 0 Å². The van der Waals surface area contributed by atoms with E-state index in [0.29, 0.717) is 42.0 Å². The van der Waals surface area contributed by atoms with Crippen molar-refractivity contribution in [2.75, 3.05) is 13.7 Å². The molecule has 36 heavy (non-hydrogen) atoms. The third kappa shape index (κ3) is 6.37. The van der Waals surface area contributed by atoms with Gasteiger partial charge in [-0.3, -0.25) is 9.69 Å². The normalized spacial score (nSPS) is 16.9. The topological polar surface area (TPSA) is 76.6 Å². The van der Waals surface area contributed by atoms with Gasteiger partial charge in [-0.25, -0.2) is 0 Å². The van der Waals surface area contributed by atoms with Crippen LogP contribution in [0.15, 0.2) is 75.5 Å². The molecule has 4 rings (SSSR count). The molecule has 1 aromatic heterocycles. The zero-order valence-electron chi connectivity index (χ0n) is 20.8. The minimum atomic E-state index is -0.269. The van der Waals surface area contributed by atoms with E-state index in [1.165, 1.54) is 17.3 Å². The lowest BCUT2D eigenvalue weighted by molar-refractivity contribution is -0.126. The number of benzene rings is 2. The second-order valence-corrected chi connectivity index (χ2v) is 9.65. The van der Waals surface area contributed by atoms with Gasteiger partial charge in [-0.2, -0.15) is 5.10 Å². The maximum Gasteiger partial charge on any atom is 0.242 e. The molecule has 1 aliphatic heterocycles. The molecule has 3 aromatic rings. The monoisotopic (exact) mass is 505 g/mol. The lowest BCUT2D eigenvalue weighted by Gasteiger charge is -2.14. The largest absolute Gasteiger partial charge is 0.493 e. The number of unbranched alkanes of at least 4 members (excludes halogenated alkanes) is 1. The van der Waals surface area contributed by atoms with Crippen molar-refractivity contribution in [3.8, 4) is 11.5 Å². The summed E-state index contributed by atoms with van der Waals surface area (Å²) in [6.45, 7) is 5.15. The van der Waals surface area contributed by atoms with Gasteiger partial charge in [0.1, 0.15) is 5.76 Å². The van der Waals surface area contributed by atoms with Crippen LogP contribution in [0.2, 0.25) is 0 Å². The predicted molar refractivity (Wildman–Crippen MR) is 144 cm³/mol. The number of nitrogens with zero attached hydrogens (tertiary/aromatic N) is 3. The first kappa shape index (κ1) is 25.6. The summed E-state index contributed by atoms with van der Waals surface area (Å²) < 4.78 is 16.8. The summed E-state index contributed by atoms with van der Waals surface area (Å²) in [6.07, 6.45) is 5.93. The molecule has 8 heteroatoms. The van der Waals surface area contributed by atoms with Crippen molar-refractivity contribution in [3.63, 3.8) is 0 Å². The molecule has 0 aliphatic carbocycles. The lowest BCUT2D eigenvalue weighted by atomic mass is 10.0. The van der Waals surface area contributed by atoms with Crippen LogP contribution in [0.4, 0.5) is 0 Å². The van der Waals surface area contributed by atoms with Crippen LogP contribution in [0.1, 0.15) is 42.2 Å². The zero-order valence-corrected chi connectivity index (χ0v) is 21.7. The van der Waals surface area contributed by atoms with Crippen molar-refractivity contribution in [2.45, 2.75) is 44.9 Å². The zero-order chi connectivity index (χ0) is 25.3. The molecule has 0 radical (unpaired) electrons. The number of methoxy groups -OCH3 is 1. The standard InChI is InChI=1S/C28H31N3O4S/c1-4-5-14-35-24-13-12-21(16-25(24)33-3)18-29-30-28-31(19-23-11-8-15-34-23)27(32)26(36-28)17-22-10-7-6-9-20(22)2/h6-13,15-16,18,26H,4-5,14,17,19H2,1-3H3. The van der Waals surface area contributed by atoms with Gasteiger partial charge in [0.2, 0.25) is 5.91 Å². The number of thioether (sulfide) groups is 1. The van der Waals surface area contributed by atoms with Gasteiger partial charge >= 0.3 is 0 Å². The fourth-order valence-electron chi connectivity index (χ4n) is 3.81. The number of carbonyl (C=O) groups is 1. The number of carbonyl (C=O) groups excluding carboxylic acids is 1. The maximum absolute atomic E-state index is 13.3. The summed E-state index contributed by atoms with van der Waals surface area (Å²) in [4.78, 5) is 15.0. The lowest BCUT2D eigenvalue weighted by Crippen LogP contribution is -2.32. The molecule has 7 nitrogen and oxygen atoms in total. The van der Waals surface area contributed by atoms with E-state index in [-0.39, 0.29) is 11.2 Å². The van der Waals surface area contributed by atoms with E-state index in [0.717, 1.165) is 24.0 Å². The molecule has 1 fully saturated rings. The first-order valence-electron chi connectivity index (χ1n) is 12.1. The van der Waals surface area contributed by atoms with Crippen LogP contribution in [0.25, 0.3) is 0 Å². The van der Waals surface area contributed by atoms with Gasteiger partial charge in [-0.15, -0.1) is 5.10 Å². The van der Waals surface area contributed by atoms with E-state index < -0.39 is 0 Å². The highest BCUT2D eigenvalue weighted by Gasteiger charge is 2.38. The Balaban J connectivity index is 1.52. The Hall–Kier alpha value is -3.52. The number of hydrogen-bond acceptors (Lipinski definition) is 7. The summed E-state index contributed by atoms with van der Waals surface area (Å²) in [5, 5.41) is 9.01. The second kappa shape index (κ2) is 12.4. The van der Waals surface area contributed by atoms with Crippen molar-refractivity contribution < 1.29 is 18.7 Å². The molecule has 0 spiro atoms. The molecule has 0 N–H and O–H groups in total. The van der Waals surface area contributed by atoms with Gasteiger partial charge < -0.3 is 13.9 Å². The Kier molecular flexibility index (Phi) is 8.84. The second-order valence-electron chi connectivity index (χ2n) is 8.48. The van der Waals surface area contributed by atoms with E-state index in [2.05, 4.69) is 36.2 Å². The number of rotatable bonds is 11. The molecular formula is C28H31N3O4S. The van der Waals surface area contributed by atoms with Crippen LogP contribution in [0, 0.1) is 6.92 Å². The van der Waals surface area contributed by atoms with Crippen molar-refractivity contribution in [2.24, 2.45) is 10.2 Å². The highest BCUT2D eigenvalue weighted by atomic mass is 32.2. The van der Waals surface area contributed by atoms with Crippen LogP contribution >= 0.6 is 11.8 Å². The molecule has 1 amide bonds. The van der Waals surface area contributed by atoms with Crippen LogP contribution in [-0.2, 0) is 17.8 Å². The van der Waals surface area contributed by atoms with Gasteiger partial charge in [-0.1, -0.05) is 49.4 Å². The van der Waals surface area contributed by atoms with E-state index in [1.54, 1.807) is 24.5 Å². The van der Waals surface area contributed by atoms with Crippen LogP contribution in [-0.4, -0.2) is 41.2 Å². The van der Waals surface area contributed by atoms with Crippen molar-refractivity contribution in [1.82, 2.24) is 4.90 Å². The Labute approximate surface area is 216 Å². The number of ether oxygens (including phenoxy) is 2. The highest BCUT2D eigenvalue weighted by molar-refractivity contribution is 8.15. The van der Waals surface area contributed by atoms with Crippen molar-refractivity contribution in [3.05, 3.63) is 83.3 Å². The Bertz CT molecular complexity index is 1220. The molecular weight excluding hydrogens is 474 g/mol. The van der Waals surface area contributed by atoms with E-state index >= 15 is 0 Å². The molecule has 1 aliphatic rings. The minimum Gasteiger partial charge on any atom is -0.493 e. The summed E-state index contributed by atoms with van der Waals surface area (Å²) in [5.74, 6) is 2.05. The van der Waals surface area contributed by atoms with Crippen LogP contribution in [0.5, 0.6) is 11.5 Å². The quantitative estimate of drug-likeness (QED) is 0.186. The van der Waals surface area contributed by atoms with Gasteiger partial charge in [0.25, 0.3) is 0 Å². The molecule has 0 saturated carbocycles. The molecule has 2 heterocycles. The Morgan fingerprint density at radius 2 is 2.00 bits per heavy atom. The average Bonchev–Trinajstić information content (AvgIpc) is 3.50. The third-order valence-corrected chi connectivity index (χ3v) is 7.04. The first-order chi connectivity index (χ1) is 17.6. The highest BCUT2D eigenvalue weighted by Crippen LogP contribution is 2.32. The minimum absolute atomic E-state index is 0.00357. The van der Waals surface area contributed by atoms with Crippen molar-refractivity contribution >= 4 is 29.1 Å². The van der Waals surface area contributed by atoms with E-state index in [9.17, 15) is 4.79 Å². The number of furan rings is 1. The molecule has 1 atom stereocenters. The van der Waals surface area contributed by atoms with Gasteiger partial charge in [0.15, 0.2) is 16.7 Å². The molecule has 2 aromatic carbocycles. The van der Waals surface area contributed by atoms with Crippen LogP contribution < -0.4 is 9.47 Å². The smallest absolute Gasteiger partial charge is 0.242 e. The fraction of sp³-hybridized carbons (Fsp3) is 0.321. The van der Waals surface area contributed by atoms with Gasteiger partial charge in [0.05, 0.1) is 38.0 Å². The number of amides is 1. The van der Waals surface area contributed by atoms with Gasteiger partial charge in [-0.05, 0) is 66.8 Å². The first-order valence-corrected chi connectivity index (χ1v) is 12.9. The molecule has 0 bridgehead atoms. The van der Waals surface area contributed by atoms with Crippen LogP contribution in [0.3, 0.4) is 0 Å². The van der Waals surface area contributed by atoms with E-state index in [1.807, 2.05) is 42.5 Å². The number of aryl methyl sites for hydroxylation is 1. The number of hydrogen-bond donors (Lipinski definition) is 0. The molecule has 188 valence electrons. The summed E-state index contributed by atoms with van der Waals surface area (Å²) in [5.41, 5.74) is 3.14.